The second kappa shape index (κ2) is 6.58. The van der Waals surface area contributed by atoms with Gasteiger partial charge in [-0.15, -0.1) is 0 Å². The van der Waals surface area contributed by atoms with Crippen molar-refractivity contribution in [3.8, 4) is 0 Å². The summed E-state index contributed by atoms with van der Waals surface area (Å²) in [4.78, 5) is 11.8. The van der Waals surface area contributed by atoms with Crippen LogP contribution in [0.5, 0.6) is 0 Å². The monoisotopic (exact) mass is 328 g/mol. The summed E-state index contributed by atoms with van der Waals surface area (Å²) in [5.74, 6) is -1.20. The Labute approximate surface area is 123 Å². The second-order valence-electron chi connectivity index (χ2n) is 4.64. The summed E-state index contributed by atoms with van der Waals surface area (Å²) >= 11 is 0. The van der Waals surface area contributed by atoms with Gasteiger partial charge >= 0.3 is 18.3 Å². The quantitative estimate of drug-likeness (QED) is 0.570. The molecule has 124 valence electrons. The summed E-state index contributed by atoms with van der Waals surface area (Å²) in [5, 5.41) is 0. The summed E-state index contributed by atoms with van der Waals surface area (Å²) in [6.07, 6.45) is -9.73. The molecule has 0 saturated carbocycles. The Bertz CT molecular complexity index is 497. The lowest BCUT2D eigenvalue weighted by Crippen LogP contribution is -2.19. The molecule has 0 aliphatic heterocycles. The first-order valence-electron chi connectivity index (χ1n) is 6.49. The summed E-state index contributed by atoms with van der Waals surface area (Å²) in [5.41, 5.74) is -3.85. The lowest BCUT2D eigenvalue weighted by molar-refractivity contribution is -0.143. The number of esters is 1. The number of halogens is 6. The third-order valence-electron chi connectivity index (χ3n) is 3.01. The van der Waals surface area contributed by atoms with E-state index >= 15 is 0 Å². The van der Waals surface area contributed by atoms with E-state index in [2.05, 4.69) is 0 Å². The summed E-state index contributed by atoms with van der Waals surface area (Å²) in [7, 11) is 0. The molecule has 0 saturated heterocycles. The molecule has 0 heterocycles. The summed E-state index contributed by atoms with van der Waals surface area (Å²) in [6.45, 7) is 3.38. The van der Waals surface area contributed by atoms with Gasteiger partial charge in [-0.2, -0.15) is 26.3 Å². The molecule has 0 fully saturated rings. The van der Waals surface area contributed by atoms with Crippen molar-refractivity contribution in [3.63, 3.8) is 0 Å². The van der Waals surface area contributed by atoms with Crippen LogP contribution in [0.3, 0.4) is 0 Å². The molecule has 1 aromatic rings. The standard InChI is InChI=1S/C14H14F6O2/c1-3-11(4-2)22-12(21)8-5-9(13(15,16)17)7-10(6-8)14(18,19)20/h5-7,11H,3-4H2,1-2H3. The van der Waals surface area contributed by atoms with Crippen LogP contribution in [0.25, 0.3) is 0 Å². The lowest BCUT2D eigenvalue weighted by atomic mass is 10.0. The van der Waals surface area contributed by atoms with Crippen molar-refractivity contribution < 1.29 is 35.9 Å². The number of carbonyl (C=O) groups excluding carboxylic acids is 1. The number of hydrogen-bond donors (Lipinski definition) is 0. The number of alkyl halides is 6. The van der Waals surface area contributed by atoms with Crippen molar-refractivity contribution in [3.05, 3.63) is 34.9 Å². The van der Waals surface area contributed by atoms with E-state index in [1.54, 1.807) is 13.8 Å². The molecule has 1 rings (SSSR count). The van der Waals surface area contributed by atoms with Crippen LogP contribution in [0.2, 0.25) is 0 Å². The van der Waals surface area contributed by atoms with Gasteiger partial charge in [0, 0.05) is 0 Å². The molecule has 22 heavy (non-hydrogen) atoms. The second-order valence-corrected chi connectivity index (χ2v) is 4.64. The Balaban J connectivity index is 3.27. The molecule has 8 heteroatoms. The summed E-state index contributed by atoms with van der Waals surface area (Å²) in [6, 6.07) is 0.688. The van der Waals surface area contributed by atoms with E-state index in [0.29, 0.717) is 25.0 Å². The number of ether oxygens (including phenoxy) is 1. The topological polar surface area (TPSA) is 26.3 Å². The van der Waals surface area contributed by atoms with E-state index in [1.807, 2.05) is 0 Å². The molecule has 0 bridgehead atoms. The Kier molecular flexibility index (Phi) is 5.48. The normalized spacial score (nSPS) is 12.6. The van der Waals surface area contributed by atoms with Gasteiger partial charge in [0.05, 0.1) is 16.7 Å². The van der Waals surface area contributed by atoms with Gasteiger partial charge in [-0.1, -0.05) is 13.8 Å². The van der Waals surface area contributed by atoms with Gasteiger partial charge in [-0.3, -0.25) is 0 Å². The smallest absolute Gasteiger partial charge is 0.416 e. The Hall–Kier alpha value is -1.73. The van der Waals surface area contributed by atoms with Crippen molar-refractivity contribution in [2.24, 2.45) is 0 Å². The highest BCUT2D eigenvalue weighted by Gasteiger charge is 2.37. The Morgan fingerprint density at radius 2 is 1.36 bits per heavy atom. The molecule has 1 aromatic carbocycles. The first kappa shape index (κ1) is 18.3. The van der Waals surface area contributed by atoms with Crippen LogP contribution in [0.1, 0.15) is 48.2 Å². The minimum Gasteiger partial charge on any atom is -0.459 e. The van der Waals surface area contributed by atoms with Crippen molar-refractivity contribution in [1.29, 1.82) is 0 Å². The van der Waals surface area contributed by atoms with Crippen LogP contribution < -0.4 is 0 Å². The predicted molar refractivity (Wildman–Crippen MR) is 66.2 cm³/mol. The molecular weight excluding hydrogens is 314 g/mol. The minimum atomic E-state index is -4.99. The van der Waals surface area contributed by atoms with E-state index in [0.717, 1.165) is 0 Å². The van der Waals surface area contributed by atoms with Crippen LogP contribution in [-0.2, 0) is 17.1 Å². The fraction of sp³-hybridized carbons (Fsp3) is 0.500. The van der Waals surface area contributed by atoms with Crippen LogP contribution in [0, 0.1) is 0 Å². The van der Waals surface area contributed by atoms with E-state index in [9.17, 15) is 31.1 Å². The molecule has 0 spiro atoms. The van der Waals surface area contributed by atoms with Crippen molar-refractivity contribution in [2.75, 3.05) is 0 Å². The van der Waals surface area contributed by atoms with Gasteiger partial charge in [-0.25, -0.2) is 4.79 Å². The maximum Gasteiger partial charge on any atom is 0.416 e. The van der Waals surface area contributed by atoms with Crippen LogP contribution >= 0.6 is 0 Å². The zero-order valence-electron chi connectivity index (χ0n) is 11.8. The Morgan fingerprint density at radius 3 is 1.68 bits per heavy atom. The Morgan fingerprint density at radius 1 is 0.955 bits per heavy atom. The molecule has 0 N–H and O–H groups in total. The molecule has 0 unspecified atom stereocenters. The number of benzene rings is 1. The average Bonchev–Trinajstić information content (AvgIpc) is 2.42. The van der Waals surface area contributed by atoms with E-state index < -0.39 is 41.1 Å². The SMILES string of the molecule is CCC(CC)OC(=O)c1cc(C(F)(F)F)cc(C(F)(F)F)c1. The molecule has 2 nitrogen and oxygen atoms in total. The largest absolute Gasteiger partial charge is 0.459 e. The minimum absolute atomic E-state index is 0.0338. The lowest BCUT2D eigenvalue weighted by Gasteiger charge is -2.16. The van der Waals surface area contributed by atoms with E-state index in [4.69, 9.17) is 4.74 Å². The van der Waals surface area contributed by atoms with Crippen molar-refractivity contribution in [1.82, 2.24) is 0 Å². The molecule has 0 aliphatic carbocycles. The molecular formula is C14H14F6O2. The van der Waals surface area contributed by atoms with Crippen molar-refractivity contribution in [2.45, 2.75) is 45.1 Å². The van der Waals surface area contributed by atoms with Gasteiger partial charge in [0.25, 0.3) is 0 Å². The fourth-order valence-electron chi connectivity index (χ4n) is 1.75. The predicted octanol–water partition coefficient (Wildman–Crippen LogP) is 5.07. The van der Waals surface area contributed by atoms with Gasteiger partial charge in [0.1, 0.15) is 6.10 Å². The third kappa shape index (κ3) is 4.64. The molecule has 0 aliphatic rings. The van der Waals surface area contributed by atoms with Gasteiger partial charge in [0.2, 0.25) is 0 Å². The fourth-order valence-corrected chi connectivity index (χ4v) is 1.75. The van der Waals surface area contributed by atoms with Crippen LogP contribution in [0.15, 0.2) is 18.2 Å². The van der Waals surface area contributed by atoms with E-state index in [-0.39, 0.29) is 6.07 Å². The van der Waals surface area contributed by atoms with Crippen LogP contribution in [-0.4, -0.2) is 12.1 Å². The van der Waals surface area contributed by atoms with Gasteiger partial charge in [0.15, 0.2) is 0 Å². The highest BCUT2D eigenvalue weighted by molar-refractivity contribution is 5.90. The highest BCUT2D eigenvalue weighted by atomic mass is 19.4. The van der Waals surface area contributed by atoms with Gasteiger partial charge < -0.3 is 4.74 Å². The van der Waals surface area contributed by atoms with E-state index in [1.165, 1.54) is 0 Å². The number of hydrogen-bond acceptors (Lipinski definition) is 2. The summed E-state index contributed by atoms with van der Waals surface area (Å²) < 4.78 is 80.9. The highest BCUT2D eigenvalue weighted by Crippen LogP contribution is 2.36. The number of carbonyl (C=O) groups is 1. The average molecular weight is 328 g/mol. The zero-order chi connectivity index (χ0) is 17.1. The maximum absolute atomic E-state index is 12.7. The zero-order valence-corrected chi connectivity index (χ0v) is 11.8. The molecule has 0 amide bonds. The first-order chi connectivity index (χ1) is 9.98. The third-order valence-corrected chi connectivity index (χ3v) is 3.01. The first-order valence-corrected chi connectivity index (χ1v) is 6.49. The van der Waals surface area contributed by atoms with Crippen LogP contribution in [0.4, 0.5) is 26.3 Å². The maximum atomic E-state index is 12.7. The van der Waals surface area contributed by atoms with Gasteiger partial charge in [-0.05, 0) is 31.0 Å². The molecule has 0 atom stereocenters. The number of rotatable bonds is 4. The molecule has 0 radical (unpaired) electrons. The van der Waals surface area contributed by atoms with Crippen molar-refractivity contribution >= 4 is 5.97 Å². The molecule has 0 aromatic heterocycles.